The molecule has 0 aromatic heterocycles. The van der Waals surface area contributed by atoms with Gasteiger partial charge in [0.05, 0.1) is 4.92 Å². The van der Waals surface area contributed by atoms with E-state index >= 15 is 0 Å². The summed E-state index contributed by atoms with van der Waals surface area (Å²) in [4.78, 5) is 12.9. The van der Waals surface area contributed by atoms with Crippen molar-refractivity contribution in [3.05, 3.63) is 64.2 Å². The van der Waals surface area contributed by atoms with Crippen LogP contribution in [-0.2, 0) is 9.84 Å². The van der Waals surface area contributed by atoms with Gasteiger partial charge in [0.2, 0.25) is 0 Å². The summed E-state index contributed by atoms with van der Waals surface area (Å²) in [7, 11) is -3.68. The molecule has 2 aromatic rings. The van der Waals surface area contributed by atoms with Crippen LogP contribution in [0, 0.1) is 16.0 Å². The molecule has 2 aromatic carbocycles. The zero-order valence-corrected chi connectivity index (χ0v) is 16.4. The van der Waals surface area contributed by atoms with Gasteiger partial charge >= 0.3 is 5.69 Å². The van der Waals surface area contributed by atoms with E-state index < -0.39 is 14.8 Å². The average Bonchev–Trinajstić information content (AvgIpc) is 2.66. The Kier molecular flexibility index (Phi) is 5.51. The van der Waals surface area contributed by atoms with Gasteiger partial charge in [0.25, 0.3) is 0 Å². The van der Waals surface area contributed by atoms with Gasteiger partial charge in [0.1, 0.15) is 10.6 Å². The number of piperidine rings is 1. The van der Waals surface area contributed by atoms with E-state index in [9.17, 15) is 18.5 Å². The minimum atomic E-state index is -3.68. The first kappa shape index (κ1) is 19.4. The molecule has 7 heteroatoms. The molecule has 3 rings (SSSR count). The van der Waals surface area contributed by atoms with Crippen LogP contribution in [0.4, 0.5) is 11.4 Å². The zero-order valence-electron chi connectivity index (χ0n) is 15.5. The van der Waals surface area contributed by atoms with Crippen LogP contribution in [0.25, 0.3) is 0 Å². The molecule has 0 aliphatic carbocycles. The minimum Gasteiger partial charge on any atom is -0.366 e. The van der Waals surface area contributed by atoms with E-state index in [1.165, 1.54) is 11.6 Å². The highest BCUT2D eigenvalue weighted by atomic mass is 32.2. The normalized spacial score (nSPS) is 20.4. The molecule has 27 heavy (non-hydrogen) atoms. The number of sulfone groups is 1. The van der Waals surface area contributed by atoms with Gasteiger partial charge in [-0.15, -0.1) is 0 Å². The first-order valence-corrected chi connectivity index (χ1v) is 11.0. The Bertz CT molecular complexity index is 928. The molecule has 2 unspecified atom stereocenters. The number of benzene rings is 2. The quantitative estimate of drug-likeness (QED) is 0.571. The summed E-state index contributed by atoms with van der Waals surface area (Å²) in [5.74, 6) is 0.757. The van der Waals surface area contributed by atoms with Crippen LogP contribution in [0.5, 0.6) is 0 Å². The maximum absolute atomic E-state index is 12.0. The van der Waals surface area contributed by atoms with Crippen molar-refractivity contribution in [1.29, 1.82) is 0 Å². The molecule has 1 aliphatic heterocycles. The van der Waals surface area contributed by atoms with Crippen molar-refractivity contribution in [2.45, 2.75) is 30.6 Å². The van der Waals surface area contributed by atoms with Crippen LogP contribution in [0.3, 0.4) is 0 Å². The zero-order chi connectivity index (χ0) is 19.6. The van der Waals surface area contributed by atoms with E-state index in [1.807, 2.05) is 23.1 Å². The predicted molar refractivity (Wildman–Crippen MR) is 106 cm³/mol. The Labute approximate surface area is 159 Å². The number of nitro groups is 1. The summed E-state index contributed by atoms with van der Waals surface area (Å²) in [6.07, 6.45) is 2.84. The first-order chi connectivity index (χ1) is 12.8. The van der Waals surface area contributed by atoms with Crippen LogP contribution >= 0.6 is 0 Å². The largest absolute Gasteiger partial charge is 0.366 e. The lowest BCUT2D eigenvalue weighted by molar-refractivity contribution is -0.387. The number of nitrogens with zero attached hydrogens (tertiary/aromatic N) is 2. The van der Waals surface area contributed by atoms with Crippen molar-refractivity contribution < 1.29 is 13.3 Å². The SMILES string of the molecule is CCC1CN(c2cccc(S(C)(=O)=O)c2[N+](=O)[O-])CCC1c1ccccc1. The molecule has 144 valence electrons. The van der Waals surface area contributed by atoms with Crippen LogP contribution in [-0.4, -0.2) is 32.7 Å². The number of hydrogen-bond donors (Lipinski definition) is 0. The van der Waals surface area contributed by atoms with E-state index in [0.717, 1.165) is 19.1 Å². The van der Waals surface area contributed by atoms with E-state index in [1.54, 1.807) is 12.1 Å². The molecule has 1 aliphatic rings. The maximum Gasteiger partial charge on any atom is 0.311 e. The summed E-state index contributed by atoms with van der Waals surface area (Å²) in [6.45, 7) is 3.46. The standard InChI is InChI=1S/C20H24N2O4S/c1-3-15-14-21(13-12-17(15)16-8-5-4-6-9-16)18-10-7-11-19(27(2,25)26)20(18)22(23)24/h4-11,15,17H,3,12-14H2,1-2H3. The Hall–Kier alpha value is -2.41. The average molecular weight is 388 g/mol. The van der Waals surface area contributed by atoms with Gasteiger partial charge in [-0.2, -0.15) is 0 Å². The molecule has 0 spiro atoms. The molecule has 0 bridgehead atoms. The molecular weight excluding hydrogens is 364 g/mol. The van der Waals surface area contributed by atoms with Gasteiger partial charge in [-0.3, -0.25) is 10.1 Å². The van der Waals surface area contributed by atoms with Crippen molar-refractivity contribution in [2.24, 2.45) is 5.92 Å². The van der Waals surface area contributed by atoms with Crippen molar-refractivity contribution in [2.75, 3.05) is 24.2 Å². The molecule has 1 heterocycles. The summed E-state index contributed by atoms with van der Waals surface area (Å²) >= 11 is 0. The number of anilines is 1. The third-order valence-corrected chi connectivity index (χ3v) is 6.51. The van der Waals surface area contributed by atoms with Crippen LogP contribution in [0.1, 0.15) is 31.2 Å². The van der Waals surface area contributed by atoms with Crippen molar-refractivity contribution >= 4 is 21.2 Å². The lowest BCUT2D eigenvalue weighted by atomic mass is 9.79. The van der Waals surface area contributed by atoms with Gasteiger partial charge in [-0.25, -0.2) is 8.42 Å². The number of rotatable bonds is 5. The Morgan fingerprint density at radius 2 is 1.85 bits per heavy atom. The topological polar surface area (TPSA) is 80.5 Å². The van der Waals surface area contributed by atoms with Gasteiger partial charge in [-0.1, -0.05) is 49.7 Å². The van der Waals surface area contributed by atoms with Crippen molar-refractivity contribution in [1.82, 2.24) is 0 Å². The van der Waals surface area contributed by atoms with Crippen LogP contribution in [0.15, 0.2) is 53.4 Å². The fraction of sp³-hybridized carbons (Fsp3) is 0.400. The molecule has 0 radical (unpaired) electrons. The van der Waals surface area contributed by atoms with E-state index in [-0.39, 0.29) is 10.6 Å². The molecule has 0 amide bonds. The third-order valence-electron chi connectivity index (χ3n) is 5.39. The molecule has 2 atom stereocenters. The Morgan fingerprint density at radius 3 is 2.44 bits per heavy atom. The summed E-state index contributed by atoms with van der Waals surface area (Å²) < 4.78 is 24.1. The monoisotopic (exact) mass is 388 g/mol. The highest BCUT2D eigenvalue weighted by molar-refractivity contribution is 7.90. The maximum atomic E-state index is 12.0. The predicted octanol–water partition coefficient (Wildman–Crippen LogP) is 4.02. The van der Waals surface area contributed by atoms with Gasteiger partial charge in [-0.05, 0) is 36.0 Å². The highest BCUT2D eigenvalue weighted by Crippen LogP contribution is 2.40. The molecule has 6 nitrogen and oxygen atoms in total. The Balaban J connectivity index is 1.96. The van der Waals surface area contributed by atoms with Crippen LogP contribution < -0.4 is 4.90 Å². The van der Waals surface area contributed by atoms with E-state index in [0.29, 0.717) is 30.6 Å². The van der Waals surface area contributed by atoms with Gasteiger partial charge in [0, 0.05) is 19.3 Å². The first-order valence-electron chi connectivity index (χ1n) is 9.10. The molecule has 1 saturated heterocycles. The molecule has 0 saturated carbocycles. The number of hydrogen-bond acceptors (Lipinski definition) is 5. The number of para-hydroxylation sites is 1. The second kappa shape index (κ2) is 7.68. The lowest BCUT2D eigenvalue weighted by Crippen LogP contribution is -2.39. The smallest absolute Gasteiger partial charge is 0.311 e. The van der Waals surface area contributed by atoms with Crippen LogP contribution in [0.2, 0.25) is 0 Å². The molecule has 1 fully saturated rings. The molecular formula is C20H24N2O4S. The van der Waals surface area contributed by atoms with E-state index in [4.69, 9.17) is 0 Å². The second-order valence-electron chi connectivity index (χ2n) is 7.07. The fourth-order valence-electron chi connectivity index (χ4n) is 4.05. The van der Waals surface area contributed by atoms with E-state index in [2.05, 4.69) is 19.1 Å². The van der Waals surface area contributed by atoms with Gasteiger partial charge in [0.15, 0.2) is 9.84 Å². The summed E-state index contributed by atoms with van der Waals surface area (Å²) in [5.41, 5.74) is 1.38. The van der Waals surface area contributed by atoms with Gasteiger partial charge < -0.3 is 4.90 Å². The second-order valence-corrected chi connectivity index (χ2v) is 9.06. The lowest BCUT2D eigenvalue weighted by Gasteiger charge is -2.39. The number of nitro benzene ring substituents is 1. The third kappa shape index (κ3) is 3.98. The Morgan fingerprint density at radius 1 is 1.15 bits per heavy atom. The minimum absolute atomic E-state index is 0.219. The molecule has 0 N–H and O–H groups in total. The van der Waals surface area contributed by atoms with Crippen molar-refractivity contribution in [3.8, 4) is 0 Å². The van der Waals surface area contributed by atoms with Crippen molar-refractivity contribution in [3.63, 3.8) is 0 Å². The fourth-order valence-corrected chi connectivity index (χ4v) is 4.91. The summed E-state index contributed by atoms with van der Waals surface area (Å²) in [6, 6.07) is 14.9. The highest BCUT2D eigenvalue weighted by Gasteiger charge is 2.34. The summed E-state index contributed by atoms with van der Waals surface area (Å²) in [5, 5.41) is 11.7.